The van der Waals surface area contributed by atoms with Crippen molar-refractivity contribution in [3.8, 4) is 17.9 Å². The van der Waals surface area contributed by atoms with E-state index in [-0.39, 0.29) is 49.2 Å². The molecule has 1 atom stereocenters. The molecule has 0 spiro atoms. The van der Waals surface area contributed by atoms with Crippen LogP contribution in [0, 0.1) is 11.8 Å². The number of nitrogens with zero attached hydrogens (tertiary/aromatic N) is 5. The molecule has 2 aromatic heterocycles. The van der Waals surface area contributed by atoms with Gasteiger partial charge in [0.25, 0.3) is 0 Å². The fourth-order valence-electron chi connectivity index (χ4n) is 3.76. The van der Waals surface area contributed by atoms with Crippen LogP contribution in [0.25, 0.3) is 11.2 Å². The summed E-state index contributed by atoms with van der Waals surface area (Å²) < 4.78 is 52.0. The van der Waals surface area contributed by atoms with Gasteiger partial charge in [-0.1, -0.05) is 36.3 Å². The van der Waals surface area contributed by atoms with Crippen LogP contribution in [0.2, 0.25) is 0 Å². The molecule has 0 aliphatic carbocycles. The highest BCUT2D eigenvalue weighted by Gasteiger charge is 2.44. The Morgan fingerprint density at radius 3 is 2.69 bits per heavy atom. The minimum absolute atomic E-state index is 0.00630. The van der Waals surface area contributed by atoms with E-state index in [1.807, 2.05) is 30.3 Å². The average Bonchev–Trinajstić information content (AvgIpc) is 3.10. The lowest BCUT2D eigenvalue weighted by Gasteiger charge is -2.36. The van der Waals surface area contributed by atoms with Crippen molar-refractivity contribution in [3.63, 3.8) is 0 Å². The van der Waals surface area contributed by atoms with Gasteiger partial charge >= 0.3 is 23.8 Å². The molecule has 10 nitrogen and oxygen atoms in total. The first-order chi connectivity index (χ1) is 17.2. The lowest BCUT2D eigenvalue weighted by molar-refractivity contribution is -0.205. The summed E-state index contributed by atoms with van der Waals surface area (Å²) in [5, 5.41) is 2.91. The summed E-state index contributed by atoms with van der Waals surface area (Å²) in [4.78, 5) is 34.9. The lowest BCUT2D eigenvalue weighted by atomic mass is 10.2. The van der Waals surface area contributed by atoms with E-state index in [9.17, 15) is 22.8 Å². The van der Waals surface area contributed by atoms with Crippen molar-refractivity contribution in [2.75, 3.05) is 24.5 Å². The molecule has 4 rings (SSSR count). The summed E-state index contributed by atoms with van der Waals surface area (Å²) in [5.41, 5.74) is 0.840. The number of hydrogen-bond donors (Lipinski definition) is 1. The molecule has 1 fully saturated rings. The molecule has 3 aromatic rings. The maximum absolute atomic E-state index is 13.0. The Morgan fingerprint density at radius 1 is 1.25 bits per heavy atom. The topological polar surface area (TPSA) is 104 Å². The molecule has 1 aromatic carbocycles. The highest BCUT2D eigenvalue weighted by atomic mass is 19.4. The van der Waals surface area contributed by atoms with Crippen LogP contribution in [0.1, 0.15) is 12.5 Å². The molecular weight excluding hydrogens is 481 g/mol. The van der Waals surface area contributed by atoms with E-state index in [4.69, 9.17) is 9.47 Å². The molecule has 0 amide bonds. The van der Waals surface area contributed by atoms with Crippen molar-refractivity contribution in [3.05, 3.63) is 46.4 Å². The number of carbonyl (C=O) groups excluding carboxylic acids is 1. The normalized spacial score (nSPS) is 15.9. The van der Waals surface area contributed by atoms with Gasteiger partial charge in [0.05, 0.1) is 13.1 Å². The zero-order valence-corrected chi connectivity index (χ0v) is 19.5. The van der Waals surface area contributed by atoms with E-state index in [1.165, 1.54) is 21.1 Å². The molecule has 1 unspecified atom stereocenters. The van der Waals surface area contributed by atoms with Crippen LogP contribution >= 0.6 is 0 Å². The number of esters is 1. The number of anilines is 1. The predicted octanol–water partition coefficient (Wildman–Crippen LogP) is 1.57. The van der Waals surface area contributed by atoms with Crippen molar-refractivity contribution in [1.29, 1.82) is 0 Å². The summed E-state index contributed by atoms with van der Waals surface area (Å²) in [7, 11) is 1.51. The molecule has 1 aliphatic rings. The number of ether oxygens (including phenoxy) is 2. The van der Waals surface area contributed by atoms with Gasteiger partial charge in [0, 0.05) is 20.1 Å². The van der Waals surface area contributed by atoms with Crippen molar-refractivity contribution in [1.82, 2.24) is 24.4 Å². The number of benzene rings is 1. The van der Waals surface area contributed by atoms with E-state index in [0.29, 0.717) is 6.54 Å². The smallest absolute Gasteiger partial charge is 0.458 e. The zero-order chi connectivity index (χ0) is 25.9. The van der Waals surface area contributed by atoms with Crippen LogP contribution < -0.4 is 20.6 Å². The number of nitrogens with one attached hydrogen (secondary N) is 1. The van der Waals surface area contributed by atoms with Gasteiger partial charge in [-0.15, -0.1) is 5.92 Å². The van der Waals surface area contributed by atoms with Gasteiger partial charge in [-0.3, -0.25) is 9.13 Å². The summed E-state index contributed by atoms with van der Waals surface area (Å²) in [5.74, 6) is 3.30. The molecule has 190 valence electrons. The Hall–Kier alpha value is -4.05. The predicted molar refractivity (Wildman–Crippen MR) is 123 cm³/mol. The first-order valence-electron chi connectivity index (χ1n) is 11.0. The van der Waals surface area contributed by atoms with Crippen LogP contribution in [0.4, 0.5) is 19.0 Å². The zero-order valence-electron chi connectivity index (χ0n) is 19.5. The van der Waals surface area contributed by atoms with Crippen LogP contribution in [-0.4, -0.2) is 57.1 Å². The second kappa shape index (κ2) is 10.3. The first kappa shape index (κ1) is 25.1. The molecule has 3 heterocycles. The van der Waals surface area contributed by atoms with Crippen molar-refractivity contribution < 1.29 is 27.4 Å². The standard InChI is InChI=1S/C23H23F3N6O4/c1-3-4-11-32-17-18(30(2)22(32)34)28-21(35-14-15-8-6-5-7-9-15)29-19(17)31-12-10-27-13-16(31)36-20(33)23(24,25)26/h5-9,16,27H,10-14H2,1-2H3. The van der Waals surface area contributed by atoms with E-state index >= 15 is 0 Å². The Balaban J connectivity index is 1.82. The van der Waals surface area contributed by atoms with Crippen LogP contribution in [0.3, 0.4) is 0 Å². The third-order valence-electron chi connectivity index (χ3n) is 5.50. The number of rotatable bonds is 6. The highest BCUT2D eigenvalue weighted by molar-refractivity contribution is 5.85. The Kier molecular flexibility index (Phi) is 7.16. The summed E-state index contributed by atoms with van der Waals surface area (Å²) in [6, 6.07) is 9.14. The molecular formula is C23H23F3N6O4. The number of aryl methyl sites for hydroxylation is 1. The van der Waals surface area contributed by atoms with Gasteiger partial charge in [0.2, 0.25) is 0 Å². The molecule has 0 bridgehead atoms. The monoisotopic (exact) mass is 504 g/mol. The van der Waals surface area contributed by atoms with Gasteiger partial charge < -0.3 is 19.7 Å². The van der Waals surface area contributed by atoms with E-state index < -0.39 is 24.1 Å². The summed E-state index contributed by atoms with van der Waals surface area (Å²) >= 11 is 0. The summed E-state index contributed by atoms with van der Waals surface area (Å²) in [6.07, 6.45) is -6.51. The van der Waals surface area contributed by atoms with Gasteiger partial charge in [0.1, 0.15) is 12.1 Å². The third-order valence-corrected chi connectivity index (χ3v) is 5.50. The SMILES string of the molecule is CC#CCn1c(=O)n(C)c2nc(OCc3ccccc3)nc(N3CCNCC3OC(=O)C(F)(F)F)c21. The third kappa shape index (κ3) is 5.13. The Bertz CT molecular complexity index is 1370. The number of fused-ring (bicyclic) bond motifs is 1. The fraction of sp³-hybridized carbons (Fsp3) is 0.391. The molecule has 36 heavy (non-hydrogen) atoms. The number of aromatic nitrogens is 4. The second-order valence-electron chi connectivity index (χ2n) is 7.89. The minimum atomic E-state index is -5.17. The molecule has 1 saturated heterocycles. The number of piperazine rings is 1. The molecule has 1 N–H and O–H groups in total. The van der Waals surface area contributed by atoms with Crippen molar-refractivity contribution in [2.45, 2.75) is 32.5 Å². The summed E-state index contributed by atoms with van der Waals surface area (Å²) in [6.45, 7) is 2.17. The largest absolute Gasteiger partial charge is 0.491 e. The van der Waals surface area contributed by atoms with E-state index in [2.05, 4.69) is 27.1 Å². The fourth-order valence-corrected chi connectivity index (χ4v) is 3.76. The Labute approximate surface area is 203 Å². The van der Waals surface area contributed by atoms with E-state index in [1.54, 1.807) is 6.92 Å². The number of halogens is 3. The highest BCUT2D eigenvalue weighted by Crippen LogP contribution is 2.29. The Morgan fingerprint density at radius 2 is 2.00 bits per heavy atom. The minimum Gasteiger partial charge on any atom is -0.458 e. The van der Waals surface area contributed by atoms with Crippen LogP contribution in [0.15, 0.2) is 35.1 Å². The molecule has 13 heteroatoms. The van der Waals surface area contributed by atoms with Gasteiger partial charge in [-0.25, -0.2) is 9.59 Å². The second-order valence-corrected chi connectivity index (χ2v) is 7.89. The van der Waals surface area contributed by atoms with Gasteiger partial charge in [-0.2, -0.15) is 23.1 Å². The maximum atomic E-state index is 13.0. The quantitative estimate of drug-likeness (QED) is 0.399. The number of hydrogen-bond acceptors (Lipinski definition) is 8. The van der Waals surface area contributed by atoms with Crippen molar-refractivity contribution >= 4 is 23.0 Å². The molecule has 0 saturated carbocycles. The van der Waals surface area contributed by atoms with Gasteiger partial charge in [0.15, 0.2) is 17.7 Å². The van der Waals surface area contributed by atoms with E-state index in [0.717, 1.165) is 5.56 Å². The van der Waals surface area contributed by atoms with Gasteiger partial charge in [-0.05, 0) is 12.5 Å². The number of imidazole rings is 1. The molecule has 0 radical (unpaired) electrons. The maximum Gasteiger partial charge on any atom is 0.491 e. The number of alkyl halides is 3. The lowest BCUT2D eigenvalue weighted by Crippen LogP contribution is -2.54. The molecule has 1 aliphatic heterocycles. The first-order valence-corrected chi connectivity index (χ1v) is 11.0. The van der Waals surface area contributed by atoms with Crippen LogP contribution in [0.5, 0.6) is 6.01 Å². The van der Waals surface area contributed by atoms with Crippen LogP contribution in [-0.2, 0) is 29.7 Å². The average molecular weight is 504 g/mol. The number of carbonyl (C=O) groups is 1. The van der Waals surface area contributed by atoms with Crippen molar-refractivity contribution in [2.24, 2.45) is 7.05 Å².